The lowest BCUT2D eigenvalue weighted by molar-refractivity contribution is 0.429. The largest absolute Gasteiger partial charge is 0.368 e. The van der Waals surface area contributed by atoms with Gasteiger partial charge in [0.2, 0.25) is 0 Å². The Morgan fingerprint density at radius 1 is 1.05 bits per heavy atom. The average molecular weight is 280 g/mol. The lowest BCUT2D eigenvalue weighted by atomic mass is 9.96. The summed E-state index contributed by atoms with van der Waals surface area (Å²) in [5.74, 6) is 0. The van der Waals surface area contributed by atoms with Crippen LogP contribution in [0, 0.1) is 0 Å². The Balaban J connectivity index is 1.86. The molecular weight excluding hydrogens is 256 g/mol. The smallest absolute Gasteiger partial charge is 0.0404 e. The van der Waals surface area contributed by atoms with Gasteiger partial charge in [-0.25, -0.2) is 0 Å². The molecule has 1 fully saturated rings. The summed E-state index contributed by atoms with van der Waals surface area (Å²) < 4.78 is 0. The molecule has 0 amide bonds. The fourth-order valence-corrected chi connectivity index (χ4v) is 3.32. The highest BCUT2D eigenvalue weighted by atomic mass is 15.2. The van der Waals surface area contributed by atoms with E-state index in [1.165, 1.54) is 16.8 Å². The summed E-state index contributed by atoms with van der Waals surface area (Å²) in [6, 6.07) is 20.4. The van der Waals surface area contributed by atoms with E-state index in [9.17, 15) is 0 Å². The number of anilines is 1. The maximum absolute atomic E-state index is 6.10. The second kappa shape index (κ2) is 6.31. The van der Waals surface area contributed by atoms with Crippen LogP contribution in [0.3, 0.4) is 0 Å². The van der Waals surface area contributed by atoms with Crippen molar-refractivity contribution in [3.8, 4) is 0 Å². The van der Waals surface area contributed by atoms with Crippen LogP contribution in [-0.4, -0.2) is 18.6 Å². The van der Waals surface area contributed by atoms with Gasteiger partial charge in [0.25, 0.3) is 0 Å². The number of hydrogen-bond donors (Lipinski definition) is 1. The molecule has 110 valence electrons. The Bertz CT molecular complexity index is 579. The van der Waals surface area contributed by atoms with E-state index in [1.807, 2.05) is 0 Å². The second-order valence-electron chi connectivity index (χ2n) is 6.12. The molecule has 2 N–H and O–H groups in total. The number of hydrogen-bond acceptors (Lipinski definition) is 2. The molecule has 1 saturated heterocycles. The van der Waals surface area contributed by atoms with E-state index in [4.69, 9.17) is 5.73 Å². The molecule has 1 aliphatic rings. The summed E-state index contributed by atoms with van der Waals surface area (Å²) in [6.07, 6.45) is 3.16. The number of benzene rings is 2. The number of nitrogens with two attached hydrogens (primary N) is 1. The Hall–Kier alpha value is -1.80. The molecular formula is C19H24N2. The van der Waals surface area contributed by atoms with Crippen LogP contribution >= 0.6 is 0 Å². The molecule has 0 aliphatic carbocycles. The highest BCUT2D eigenvalue weighted by Crippen LogP contribution is 2.29. The molecule has 2 heteroatoms. The normalized spacial score (nSPS) is 22.3. The second-order valence-corrected chi connectivity index (χ2v) is 6.12. The number of para-hydroxylation sites is 1. The van der Waals surface area contributed by atoms with Gasteiger partial charge in [-0.2, -0.15) is 0 Å². The molecule has 21 heavy (non-hydrogen) atoms. The molecule has 2 aromatic carbocycles. The zero-order valence-corrected chi connectivity index (χ0v) is 12.7. The number of rotatable bonds is 3. The van der Waals surface area contributed by atoms with E-state index in [1.54, 1.807) is 0 Å². The van der Waals surface area contributed by atoms with Gasteiger partial charge in [0, 0.05) is 24.3 Å². The summed E-state index contributed by atoms with van der Waals surface area (Å²) >= 11 is 0. The van der Waals surface area contributed by atoms with Crippen LogP contribution in [0.2, 0.25) is 0 Å². The Kier molecular flexibility index (Phi) is 4.26. The molecule has 1 heterocycles. The third-order valence-corrected chi connectivity index (χ3v) is 4.46. The van der Waals surface area contributed by atoms with Crippen LogP contribution in [-0.2, 0) is 6.42 Å². The minimum atomic E-state index is 0.359. The van der Waals surface area contributed by atoms with Crippen molar-refractivity contribution in [2.45, 2.75) is 38.3 Å². The first-order chi connectivity index (χ1) is 10.2. The molecule has 0 spiro atoms. The van der Waals surface area contributed by atoms with E-state index in [2.05, 4.69) is 66.4 Å². The third-order valence-electron chi connectivity index (χ3n) is 4.46. The van der Waals surface area contributed by atoms with Gasteiger partial charge in [-0.15, -0.1) is 0 Å². The van der Waals surface area contributed by atoms with Crippen LogP contribution in [0.5, 0.6) is 0 Å². The Labute approximate surface area is 127 Å². The molecule has 0 radical (unpaired) electrons. The molecule has 1 aliphatic heterocycles. The fourth-order valence-electron chi connectivity index (χ4n) is 3.32. The predicted molar refractivity (Wildman–Crippen MR) is 89.7 cm³/mol. The van der Waals surface area contributed by atoms with Gasteiger partial charge in [0.15, 0.2) is 0 Å². The van der Waals surface area contributed by atoms with Crippen LogP contribution in [0.15, 0.2) is 54.6 Å². The molecule has 2 unspecified atom stereocenters. The van der Waals surface area contributed by atoms with E-state index < -0.39 is 0 Å². The van der Waals surface area contributed by atoms with Gasteiger partial charge in [-0.1, -0.05) is 48.5 Å². The molecule has 2 atom stereocenters. The SMILES string of the molecule is CC1CC(N)CCN1c1ccccc1Cc1ccccc1. The zero-order chi connectivity index (χ0) is 14.7. The lowest BCUT2D eigenvalue weighted by Crippen LogP contribution is -2.46. The Morgan fingerprint density at radius 3 is 2.52 bits per heavy atom. The standard InChI is InChI=1S/C19H24N2/c1-15-13-18(20)11-12-21(15)19-10-6-5-9-17(19)14-16-7-3-2-4-8-16/h2-10,15,18H,11-14,20H2,1H3. The molecule has 0 bridgehead atoms. The summed E-state index contributed by atoms with van der Waals surface area (Å²) in [5, 5.41) is 0. The monoisotopic (exact) mass is 280 g/mol. The van der Waals surface area contributed by atoms with Crippen molar-refractivity contribution in [3.05, 3.63) is 65.7 Å². The lowest BCUT2D eigenvalue weighted by Gasteiger charge is -2.39. The molecule has 3 rings (SSSR count). The topological polar surface area (TPSA) is 29.3 Å². The first-order valence-electron chi connectivity index (χ1n) is 7.88. The van der Waals surface area contributed by atoms with Crippen molar-refractivity contribution in [1.29, 1.82) is 0 Å². The van der Waals surface area contributed by atoms with Crippen molar-refractivity contribution in [3.63, 3.8) is 0 Å². The van der Waals surface area contributed by atoms with Crippen molar-refractivity contribution in [1.82, 2.24) is 0 Å². The number of nitrogens with zero attached hydrogens (tertiary/aromatic N) is 1. The van der Waals surface area contributed by atoms with Crippen molar-refractivity contribution in [2.24, 2.45) is 5.73 Å². The van der Waals surface area contributed by atoms with Gasteiger partial charge in [0.05, 0.1) is 0 Å². The summed E-state index contributed by atoms with van der Waals surface area (Å²) in [6.45, 7) is 3.35. The van der Waals surface area contributed by atoms with Crippen LogP contribution in [0.25, 0.3) is 0 Å². The summed E-state index contributed by atoms with van der Waals surface area (Å²) in [4.78, 5) is 2.53. The van der Waals surface area contributed by atoms with Crippen molar-refractivity contribution >= 4 is 5.69 Å². The Morgan fingerprint density at radius 2 is 1.76 bits per heavy atom. The van der Waals surface area contributed by atoms with Gasteiger partial charge in [-0.05, 0) is 43.4 Å². The van der Waals surface area contributed by atoms with E-state index >= 15 is 0 Å². The van der Waals surface area contributed by atoms with E-state index in [0.29, 0.717) is 12.1 Å². The van der Waals surface area contributed by atoms with Gasteiger partial charge >= 0.3 is 0 Å². The van der Waals surface area contributed by atoms with Crippen molar-refractivity contribution < 1.29 is 0 Å². The van der Waals surface area contributed by atoms with Gasteiger partial charge in [-0.3, -0.25) is 0 Å². The van der Waals surface area contributed by atoms with E-state index in [0.717, 1.165) is 25.8 Å². The van der Waals surface area contributed by atoms with Crippen LogP contribution in [0.4, 0.5) is 5.69 Å². The molecule has 0 saturated carbocycles. The summed E-state index contributed by atoms with van der Waals surface area (Å²) in [7, 11) is 0. The van der Waals surface area contributed by atoms with E-state index in [-0.39, 0.29) is 0 Å². The highest BCUT2D eigenvalue weighted by Gasteiger charge is 2.24. The minimum absolute atomic E-state index is 0.359. The molecule has 2 aromatic rings. The highest BCUT2D eigenvalue weighted by molar-refractivity contribution is 5.56. The minimum Gasteiger partial charge on any atom is -0.368 e. The first kappa shape index (κ1) is 14.2. The maximum Gasteiger partial charge on any atom is 0.0404 e. The fraction of sp³-hybridized carbons (Fsp3) is 0.368. The van der Waals surface area contributed by atoms with Crippen LogP contribution in [0.1, 0.15) is 30.9 Å². The average Bonchev–Trinajstić information content (AvgIpc) is 2.49. The molecule has 0 aromatic heterocycles. The maximum atomic E-state index is 6.10. The van der Waals surface area contributed by atoms with Gasteiger partial charge < -0.3 is 10.6 Å². The van der Waals surface area contributed by atoms with Crippen molar-refractivity contribution in [2.75, 3.05) is 11.4 Å². The zero-order valence-electron chi connectivity index (χ0n) is 12.7. The van der Waals surface area contributed by atoms with Gasteiger partial charge in [0.1, 0.15) is 0 Å². The molecule has 2 nitrogen and oxygen atoms in total. The first-order valence-corrected chi connectivity index (χ1v) is 7.88. The predicted octanol–water partition coefficient (Wildman–Crippen LogP) is 3.59. The quantitative estimate of drug-likeness (QED) is 0.931. The van der Waals surface area contributed by atoms with Crippen LogP contribution < -0.4 is 10.6 Å². The third kappa shape index (κ3) is 3.27. The summed E-state index contributed by atoms with van der Waals surface area (Å²) in [5.41, 5.74) is 10.3. The number of piperidine rings is 1.